The van der Waals surface area contributed by atoms with Crippen LogP contribution in [-0.4, -0.2) is 10.7 Å². The fraction of sp³-hybridized carbons (Fsp3) is 0.167. The van der Waals surface area contributed by atoms with Crippen LogP contribution < -0.4 is 0 Å². The summed E-state index contributed by atoms with van der Waals surface area (Å²) in [6, 6.07) is 21.4. The molecule has 0 heterocycles. The van der Waals surface area contributed by atoms with Gasteiger partial charge >= 0.3 is 0 Å². The molecule has 0 aromatic heterocycles. The highest BCUT2D eigenvalue weighted by molar-refractivity contribution is 6.28. The topological polar surface area (TPSA) is 64.7 Å². The van der Waals surface area contributed by atoms with Gasteiger partial charge in [0.15, 0.2) is 5.78 Å². The van der Waals surface area contributed by atoms with Gasteiger partial charge < -0.3 is 0 Å². The van der Waals surface area contributed by atoms with Crippen molar-refractivity contribution >= 4 is 17.4 Å². The number of carbonyl (C=O) groups is 1. The average molecular weight is 309 g/mol. The second kappa shape index (κ2) is 6.89. The van der Waals surface area contributed by atoms with Gasteiger partial charge in [0, 0.05) is 17.9 Å². The Balaban J connectivity index is 2.37. The molecule has 0 bridgehead atoms. The summed E-state index contributed by atoms with van der Waals surface area (Å²) in [7, 11) is 0. The summed E-state index contributed by atoms with van der Waals surface area (Å²) in [5.74, 6) is -0.844. The van der Waals surface area contributed by atoms with E-state index in [0.717, 1.165) is 0 Å². The fourth-order valence-corrected chi connectivity index (χ4v) is 2.48. The average Bonchev–Trinajstić information content (AvgIpc) is 2.60. The molecule has 0 spiro atoms. The number of Topliss-reactive ketones (excluding diaryl/α,β-unsaturated/α-hetero) is 1. The second-order valence-corrected chi connectivity index (χ2v) is 5.49. The smallest absolute Gasteiger partial charge is 0.223 e. The molecule has 0 aliphatic carbocycles. The first-order valence-corrected chi connectivity index (χ1v) is 7.13. The van der Waals surface area contributed by atoms with Gasteiger partial charge in [-0.3, -0.25) is 4.79 Å². The van der Waals surface area contributed by atoms with Gasteiger partial charge in [-0.15, -0.1) is 0 Å². The molecule has 2 aromatic rings. The minimum atomic E-state index is -1.77. The number of ketones is 1. The van der Waals surface area contributed by atoms with E-state index in [1.165, 1.54) is 0 Å². The predicted molar refractivity (Wildman–Crippen MR) is 84.4 cm³/mol. The van der Waals surface area contributed by atoms with Gasteiger partial charge in [0.2, 0.25) is 4.87 Å². The third-order valence-electron chi connectivity index (χ3n) is 3.49. The van der Waals surface area contributed by atoms with Gasteiger partial charge in [-0.2, -0.15) is 10.5 Å². The number of rotatable bonds is 5. The molecule has 0 saturated carbocycles. The van der Waals surface area contributed by atoms with Gasteiger partial charge in [-0.05, 0) is 5.56 Å². The predicted octanol–water partition coefficient (Wildman–Crippen LogP) is 4.07. The van der Waals surface area contributed by atoms with Crippen LogP contribution in [-0.2, 0) is 0 Å². The van der Waals surface area contributed by atoms with E-state index in [4.69, 9.17) is 11.6 Å². The molecule has 0 aliphatic heterocycles. The molecule has 1 atom stereocenters. The summed E-state index contributed by atoms with van der Waals surface area (Å²) < 4.78 is 0. The summed E-state index contributed by atoms with van der Waals surface area (Å²) in [6.45, 7) is 0. The van der Waals surface area contributed by atoms with Gasteiger partial charge in [-0.25, -0.2) is 0 Å². The summed E-state index contributed by atoms with van der Waals surface area (Å²) in [5, 5.41) is 18.6. The maximum atomic E-state index is 12.4. The molecule has 0 amide bonds. The number of benzene rings is 2. The number of halogens is 1. The Morgan fingerprint density at radius 3 is 2.00 bits per heavy atom. The van der Waals surface area contributed by atoms with E-state index in [-0.39, 0.29) is 12.2 Å². The number of hydrogen-bond donors (Lipinski definition) is 0. The van der Waals surface area contributed by atoms with Crippen LogP contribution in [0, 0.1) is 22.7 Å². The lowest BCUT2D eigenvalue weighted by atomic mass is 9.82. The Kier molecular flexibility index (Phi) is 4.94. The van der Waals surface area contributed by atoms with Crippen LogP contribution in [0.2, 0.25) is 0 Å². The lowest BCUT2D eigenvalue weighted by Gasteiger charge is -2.23. The molecule has 0 N–H and O–H groups in total. The van der Waals surface area contributed by atoms with Gasteiger partial charge in [0.1, 0.15) is 12.1 Å². The van der Waals surface area contributed by atoms with Crippen molar-refractivity contribution in [3.05, 3.63) is 71.8 Å². The van der Waals surface area contributed by atoms with Crippen molar-refractivity contribution in [1.29, 1.82) is 10.5 Å². The van der Waals surface area contributed by atoms with Crippen LogP contribution in [0.15, 0.2) is 60.7 Å². The van der Waals surface area contributed by atoms with E-state index in [2.05, 4.69) is 0 Å². The van der Waals surface area contributed by atoms with E-state index in [1.807, 2.05) is 24.3 Å². The molecule has 2 rings (SSSR count). The van der Waals surface area contributed by atoms with Crippen molar-refractivity contribution in [2.24, 2.45) is 0 Å². The molecule has 2 aromatic carbocycles. The molecule has 1 unspecified atom stereocenters. The summed E-state index contributed by atoms with van der Waals surface area (Å²) in [5.41, 5.74) is 1.24. The lowest BCUT2D eigenvalue weighted by molar-refractivity contribution is 0.0972. The van der Waals surface area contributed by atoms with Crippen molar-refractivity contribution in [3.8, 4) is 12.1 Å². The first kappa shape index (κ1) is 15.8. The van der Waals surface area contributed by atoms with E-state index in [1.54, 1.807) is 48.5 Å². The molecule has 22 heavy (non-hydrogen) atoms. The van der Waals surface area contributed by atoms with Crippen LogP contribution in [0.4, 0.5) is 0 Å². The molecule has 3 nitrogen and oxygen atoms in total. The third kappa shape index (κ3) is 3.34. The number of hydrogen-bond acceptors (Lipinski definition) is 3. The second-order valence-electron chi connectivity index (χ2n) is 4.89. The molecule has 0 saturated heterocycles. The minimum Gasteiger partial charge on any atom is -0.294 e. The Morgan fingerprint density at radius 1 is 1.00 bits per heavy atom. The number of alkyl halides is 1. The first-order valence-electron chi connectivity index (χ1n) is 6.75. The molecular weight excluding hydrogens is 296 g/mol. The van der Waals surface area contributed by atoms with Crippen LogP contribution in [0.1, 0.15) is 28.3 Å². The van der Waals surface area contributed by atoms with E-state index in [0.29, 0.717) is 11.1 Å². The minimum absolute atomic E-state index is 0.00134. The maximum Gasteiger partial charge on any atom is 0.223 e. The van der Waals surface area contributed by atoms with Crippen LogP contribution in [0.3, 0.4) is 0 Å². The lowest BCUT2D eigenvalue weighted by Crippen LogP contribution is -2.29. The third-order valence-corrected chi connectivity index (χ3v) is 3.93. The summed E-state index contributed by atoms with van der Waals surface area (Å²) >= 11 is 6.17. The van der Waals surface area contributed by atoms with Crippen molar-refractivity contribution in [2.45, 2.75) is 17.2 Å². The van der Waals surface area contributed by atoms with E-state index >= 15 is 0 Å². The van der Waals surface area contributed by atoms with Gasteiger partial charge in [-0.1, -0.05) is 72.3 Å². The SMILES string of the molecule is N#CC(Cl)(C#N)C(CC(=O)c1ccccc1)c1ccccc1. The van der Waals surface area contributed by atoms with Crippen LogP contribution >= 0.6 is 11.6 Å². The zero-order chi connectivity index (χ0) is 16.0. The molecule has 0 aliphatic rings. The maximum absolute atomic E-state index is 12.4. The van der Waals surface area contributed by atoms with Crippen molar-refractivity contribution < 1.29 is 4.79 Å². The zero-order valence-electron chi connectivity index (χ0n) is 11.7. The highest BCUT2D eigenvalue weighted by atomic mass is 35.5. The quantitative estimate of drug-likeness (QED) is 0.618. The zero-order valence-corrected chi connectivity index (χ0v) is 12.5. The van der Waals surface area contributed by atoms with Crippen molar-refractivity contribution in [2.75, 3.05) is 0 Å². The van der Waals surface area contributed by atoms with Crippen LogP contribution in [0.5, 0.6) is 0 Å². The molecular formula is C18H13ClN2O. The monoisotopic (exact) mass is 308 g/mol. The normalized spacial score (nSPS) is 12.0. The van der Waals surface area contributed by atoms with Crippen LogP contribution in [0.25, 0.3) is 0 Å². The molecule has 0 fully saturated rings. The van der Waals surface area contributed by atoms with Crippen molar-refractivity contribution in [3.63, 3.8) is 0 Å². The first-order chi connectivity index (χ1) is 10.6. The summed E-state index contributed by atoms with van der Waals surface area (Å²) in [6.07, 6.45) is -0.00134. The Labute approximate surface area is 134 Å². The van der Waals surface area contributed by atoms with Gasteiger partial charge in [0.05, 0.1) is 0 Å². The Hall–Kier alpha value is -2.62. The molecule has 108 valence electrons. The van der Waals surface area contributed by atoms with Gasteiger partial charge in [0.25, 0.3) is 0 Å². The largest absolute Gasteiger partial charge is 0.294 e. The number of carbonyl (C=O) groups excluding carboxylic acids is 1. The van der Waals surface area contributed by atoms with E-state index in [9.17, 15) is 15.3 Å². The Morgan fingerprint density at radius 2 is 1.50 bits per heavy atom. The van der Waals surface area contributed by atoms with E-state index < -0.39 is 10.8 Å². The summed E-state index contributed by atoms with van der Waals surface area (Å²) in [4.78, 5) is 10.7. The molecule has 4 heteroatoms. The standard InChI is InChI=1S/C18H13ClN2O/c19-18(12-20,13-21)16(14-7-3-1-4-8-14)11-17(22)15-9-5-2-6-10-15/h1-10,16H,11H2. The number of nitriles is 2. The highest BCUT2D eigenvalue weighted by Gasteiger charge is 2.40. The van der Waals surface area contributed by atoms with Crippen molar-refractivity contribution in [1.82, 2.24) is 0 Å². The Bertz CT molecular complexity index is 715. The highest BCUT2D eigenvalue weighted by Crippen LogP contribution is 2.37. The number of nitrogens with zero attached hydrogens (tertiary/aromatic N) is 2. The fourth-order valence-electron chi connectivity index (χ4n) is 2.28. The molecule has 0 radical (unpaired) electrons.